The molecule has 0 atom stereocenters. The van der Waals surface area contributed by atoms with Gasteiger partial charge in [0.05, 0.1) is 29.0 Å². The SMILES string of the molecule is COC(=O)c1ccccc1NC(=O)CSc1ccc(NC(=O)c2cccc([N+](=O)[O-])c2)cc1. The first-order valence-electron chi connectivity index (χ1n) is 9.63. The van der Waals surface area contributed by atoms with Gasteiger partial charge in [-0.1, -0.05) is 18.2 Å². The number of carbonyl (C=O) groups excluding carboxylic acids is 3. The van der Waals surface area contributed by atoms with Crippen LogP contribution in [0.3, 0.4) is 0 Å². The molecule has 0 bridgehead atoms. The van der Waals surface area contributed by atoms with Gasteiger partial charge in [0, 0.05) is 28.3 Å². The molecule has 0 aliphatic heterocycles. The fourth-order valence-electron chi connectivity index (χ4n) is 2.81. The van der Waals surface area contributed by atoms with Crippen LogP contribution in [0.5, 0.6) is 0 Å². The number of rotatable bonds is 8. The van der Waals surface area contributed by atoms with E-state index in [-0.39, 0.29) is 28.5 Å². The molecule has 0 aliphatic carbocycles. The summed E-state index contributed by atoms with van der Waals surface area (Å²) < 4.78 is 4.72. The second-order valence-electron chi connectivity index (χ2n) is 6.66. The van der Waals surface area contributed by atoms with E-state index < -0.39 is 16.8 Å². The molecule has 3 aromatic rings. The highest BCUT2D eigenvalue weighted by molar-refractivity contribution is 8.00. The van der Waals surface area contributed by atoms with Crippen LogP contribution in [0.15, 0.2) is 77.7 Å². The number of hydrogen-bond acceptors (Lipinski definition) is 7. The number of para-hydroxylation sites is 1. The van der Waals surface area contributed by atoms with Gasteiger partial charge in [0.1, 0.15) is 0 Å². The number of nitrogens with zero attached hydrogens (tertiary/aromatic N) is 1. The van der Waals surface area contributed by atoms with E-state index in [1.54, 1.807) is 48.5 Å². The van der Waals surface area contributed by atoms with Gasteiger partial charge in [0.15, 0.2) is 0 Å². The van der Waals surface area contributed by atoms with Crippen LogP contribution < -0.4 is 10.6 Å². The first kappa shape index (κ1) is 23.5. The number of ether oxygens (including phenoxy) is 1. The van der Waals surface area contributed by atoms with Gasteiger partial charge in [-0.05, 0) is 42.5 Å². The lowest BCUT2D eigenvalue weighted by Gasteiger charge is -2.10. The summed E-state index contributed by atoms with van der Waals surface area (Å²) in [7, 11) is 1.27. The highest BCUT2D eigenvalue weighted by atomic mass is 32.2. The zero-order chi connectivity index (χ0) is 23.8. The molecule has 0 fully saturated rings. The lowest BCUT2D eigenvalue weighted by Crippen LogP contribution is -2.17. The van der Waals surface area contributed by atoms with Crippen molar-refractivity contribution in [2.75, 3.05) is 23.5 Å². The van der Waals surface area contributed by atoms with Crippen molar-refractivity contribution in [1.29, 1.82) is 0 Å². The van der Waals surface area contributed by atoms with E-state index in [9.17, 15) is 24.5 Å². The van der Waals surface area contributed by atoms with Gasteiger partial charge in [-0.2, -0.15) is 0 Å². The number of carbonyl (C=O) groups is 3. The average molecular weight is 465 g/mol. The predicted molar refractivity (Wildman–Crippen MR) is 125 cm³/mol. The normalized spacial score (nSPS) is 10.2. The Morgan fingerprint density at radius 2 is 1.70 bits per heavy atom. The zero-order valence-electron chi connectivity index (χ0n) is 17.4. The summed E-state index contributed by atoms with van der Waals surface area (Å²) in [4.78, 5) is 47.5. The third-order valence-electron chi connectivity index (χ3n) is 4.41. The molecule has 0 heterocycles. The number of nitro groups is 1. The second kappa shape index (κ2) is 10.9. The monoisotopic (exact) mass is 465 g/mol. The molecule has 168 valence electrons. The maximum absolute atomic E-state index is 12.3. The van der Waals surface area contributed by atoms with Gasteiger partial charge < -0.3 is 15.4 Å². The van der Waals surface area contributed by atoms with E-state index in [0.717, 1.165) is 4.90 Å². The molecule has 3 rings (SSSR count). The number of anilines is 2. The van der Waals surface area contributed by atoms with Crippen LogP contribution in [0.25, 0.3) is 0 Å². The van der Waals surface area contributed by atoms with Crippen molar-refractivity contribution >= 4 is 46.6 Å². The van der Waals surface area contributed by atoms with Crippen molar-refractivity contribution in [3.8, 4) is 0 Å². The minimum atomic E-state index is -0.563. The quantitative estimate of drug-likeness (QED) is 0.219. The Hall–Kier alpha value is -4.18. The third kappa shape index (κ3) is 6.40. The van der Waals surface area contributed by atoms with Crippen molar-refractivity contribution in [3.63, 3.8) is 0 Å². The van der Waals surface area contributed by atoms with Crippen LogP contribution in [0, 0.1) is 10.1 Å². The average Bonchev–Trinajstić information content (AvgIpc) is 2.83. The Morgan fingerprint density at radius 1 is 0.970 bits per heavy atom. The molecular formula is C23H19N3O6S. The molecule has 3 aromatic carbocycles. The van der Waals surface area contributed by atoms with Crippen LogP contribution in [0.1, 0.15) is 20.7 Å². The first-order valence-corrected chi connectivity index (χ1v) is 10.6. The molecule has 33 heavy (non-hydrogen) atoms. The smallest absolute Gasteiger partial charge is 0.339 e. The minimum Gasteiger partial charge on any atom is -0.465 e. The van der Waals surface area contributed by atoms with E-state index in [1.807, 2.05) is 0 Å². The summed E-state index contributed by atoms with van der Waals surface area (Å²) in [6, 6.07) is 18.8. The largest absolute Gasteiger partial charge is 0.465 e. The van der Waals surface area contributed by atoms with E-state index >= 15 is 0 Å². The Bertz CT molecular complexity index is 1200. The predicted octanol–water partition coefficient (Wildman–Crippen LogP) is 4.36. The summed E-state index contributed by atoms with van der Waals surface area (Å²) in [5, 5.41) is 16.2. The van der Waals surface area contributed by atoms with Crippen LogP contribution in [-0.2, 0) is 9.53 Å². The number of nitrogens with one attached hydrogen (secondary N) is 2. The molecule has 0 aromatic heterocycles. The molecule has 0 saturated carbocycles. The van der Waals surface area contributed by atoms with E-state index in [2.05, 4.69) is 10.6 Å². The second-order valence-corrected chi connectivity index (χ2v) is 7.71. The first-order chi connectivity index (χ1) is 15.9. The molecule has 0 saturated heterocycles. The Kier molecular flexibility index (Phi) is 7.77. The standard InChI is InChI=1S/C23H19N3O6S/c1-32-23(29)19-7-2-3-8-20(19)25-21(27)14-33-18-11-9-16(10-12-18)24-22(28)15-5-4-6-17(13-15)26(30)31/h2-13H,14H2,1H3,(H,24,28)(H,25,27). The topological polar surface area (TPSA) is 128 Å². The Morgan fingerprint density at radius 3 is 2.39 bits per heavy atom. The van der Waals surface area contributed by atoms with Gasteiger partial charge >= 0.3 is 5.97 Å². The Balaban J connectivity index is 1.55. The van der Waals surface area contributed by atoms with E-state index in [4.69, 9.17) is 4.74 Å². The summed E-state index contributed by atoms with van der Waals surface area (Å²) in [6.07, 6.45) is 0. The third-order valence-corrected chi connectivity index (χ3v) is 5.42. The summed E-state index contributed by atoms with van der Waals surface area (Å²) >= 11 is 1.28. The minimum absolute atomic E-state index is 0.106. The highest BCUT2D eigenvalue weighted by Crippen LogP contribution is 2.22. The number of amides is 2. The number of methoxy groups -OCH3 is 1. The van der Waals surface area contributed by atoms with Crippen molar-refractivity contribution in [3.05, 3.63) is 94.0 Å². The van der Waals surface area contributed by atoms with Crippen LogP contribution in [0.2, 0.25) is 0 Å². The van der Waals surface area contributed by atoms with E-state index in [0.29, 0.717) is 11.4 Å². The maximum atomic E-state index is 12.3. The van der Waals surface area contributed by atoms with Gasteiger partial charge in [0.2, 0.25) is 5.91 Å². The zero-order valence-corrected chi connectivity index (χ0v) is 18.3. The van der Waals surface area contributed by atoms with Crippen molar-refractivity contribution in [2.45, 2.75) is 4.90 Å². The van der Waals surface area contributed by atoms with Crippen molar-refractivity contribution < 1.29 is 24.0 Å². The van der Waals surface area contributed by atoms with Crippen LogP contribution in [0.4, 0.5) is 17.1 Å². The molecule has 0 aliphatic rings. The maximum Gasteiger partial charge on any atom is 0.339 e. The number of benzene rings is 3. The van der Waals surface area contributed by atoms with Crippen LogP contribution >= 0.6 is 11.8 Å². The number of thioether (sulfide) groups is 1. The number of non-ortho nitro benzene ring substituents is 1. The molecule has 2 N–H and O–H groups in total. The van der Waals surface area contributed by atoms with Gasteiger partial charge in [-0.15, -0.1) is 11.8 Å². The fraction of sp³-hybridized carbons (Fsp3) is 0.0870. The van der Waals surface area contributed by atoms with Gasteiger partial charge in [-0.25, -0.2) is 4.79 Å². The molecule has 0 spiro atoms. The molecule has 2 amide bonds. The van der Waals surface area contributed by atoms with Crippen molar-refractivity contribution in [1.82, 2.24) is 0 Å². The van der Waals surface area contributed by atoms with Gasteiger partial charge in [0.25, 0.3) is 11.6 Å². The lowest BCUT2D eigenvalue weighted by atomic mass is 10.2. The summed E-state index contributed by atoms with van der Waals surface area (Å²) in [5.41, 5.74) is 1.15. The molecule has 0 radical (unpaired) electrons. The molecule has 10 heteroatoms. The highest BCUT2D eigenvalue weighted by Gasteiger charge is 2.14. The van der Waals surface area contributed by atoms with Crippen LogP contribution in [-0.4, -0.2) is 35.6 Å². The van der Waals surface area contributed by atoms with Crippen molar-refractivity contribution in [2.24, 2.45) is 0 Å². The molecule has 0 unspecified atom stereocenters. The number of esters is 1. The molecule has 9 nitrogen and oxygen atoms in total. The molecular weight excluding hydrogens is 446 g/mol. The number of hydrogen-bond donors (Lipinski definition) is 2. The fourth-order valence-corrected chi connectivity index (χ4v) is 3.51. The van der Waals surface area contributed by atoms with E-state index in [1.165, 1.54) is 43.1 Å². The van der Waals surface area contributed by atoms with Gasteiger partial charge in [-0.3, -0.25) is 19.7 Å². The summed E-state index contributed by atoms with van der Waals surface area (Å²) in [6.45, 7) is 0. The Labute approximate surface area is 193 Å². The lowest BCUT2D eigenvalue weighted by molar-refractivity contribution is -0.384. The number of nitro benzene ring substituents is 1. The summed E-state index contributed by atoms with van der Waals surface area (Å²) in [5.74, 6) is -1.20.